The van der Waals surface area contributed by atoms with Crippen molar-refractivity contribution < 1.29 is 0 Å². The molecule has 1 aliphatic rings. The quantitative estimate of drug-likeness (QED) is 0.482. The van der Waals surface area contributed by atoms with Gasteiger partial charge in [0, 0.05) is 11.7 Å². The van der Waals surface area contributed by atoms with E-state index in [1.165, 1.54) is 0 Å². The Morgan fingerprint density at radius 3 is 2.72 bits per heavy atom. The number of benzene rings is 1. The second kappa shape index (κ2) is 8.38. The van der Waals surface area contributed by atoms with Gasteiger partial charge in [-0.3, -0.25) is 0 Å². The molecule has 0 radical (unpaired) electrons. The van der Waals surface area contributed by atoms with Crippen molar-refractivity contribution in [2.45, 2.75) is 18.9 Å². The molecule has 25 heavy (non-hydrogen) atoms. The number of nitrogens with one attached hydrogen (secondary N) is 3. The maximum Gasteiger partial charge on any atom is 0.199 e. The van der Waals surface area contributed by atoms with Gasteiger partial charge in [-0.05, 0) is 56.3 Å². The van der Waals surface area contributed by atoms with Gasteiger partial charge < -0.3 is 21.7 Å². The first-order valence-electron chi connectivity index (χ1n) is 8.11. The Hall–Kier alpha value is -2.02. The fraction of sp³-hybridized carbons (Fsp3) is 0.294. The summed E-state index contributed by atoms with van der Waals surface area (Å²) in [6, 6.07) is 11.2. The summed E-state index contributed by atoms with van der Waals surface area (Å²) in [4.78, 5) is 8.80. The number of hydrogen-bond donors (Lipinski definition) is 4. The summed E-state index contributed by atoms with van der Waals surface area (Å²) >= 11 is 11.9. The predicted molar refractivity (Wildman–Crippen MR) is 105 cm³/mol. The Balaban J connectivity index is 1.67. The van der Waals surface area contributed by atoms with Gasteiger partial charge in [-0.25, -0.2) is 4.98 Å². The number of nitrogens with zero attached hydrogens (tertiary/aromatic N) is 2. The molecule has 2 heterocycles. The molecule has 8 heteroatoms. The first-order valence-corrected chi connectivity index (χ1v) is 8.86. The van der Waals surface area contributed by atoms with E-state index >= 15 is 0 Å². The molecule has 1 aliphatic heterocycles. The molecule has 3 rings (SSSR count). The maximum atomic E-state index is 5.99. The van der Waals surface area contributed by atoms with Crippen LogP contribution in [0.1, 0.15) is 12.8 Å². The van der Waals surface area contributed by atoms with Crippen LogP contribution < -0.4 is 21.7 Å². The zero-order valence-corrected chi connectivity index (χ0v) is 15.1. The van der Waals surface area contributed by atoms with E-state index in [1.54, 1.807) is 24.3 Å². The standard InChI is InChI=1S/C17H20Cl2N6/c18-13-5-4-12(10-14(13)19)23-17(20)25-16-3-1-2-15(24-16)22-11-6-8-21-9-7-11/h1-5,10-11,21H,6-9H2,(H4,20,22,23,24,25). The van der Waals surface area contributed by atoms with E-state index in [9.17, 15) is 0 Å². The number of hydrogen-bond acceptors (Lipinski definition) is 4. The van der Waals surface area contributed by atoms with Crippen molar-refractivity contribution in [1.82, 2.24) is 10.3 Å². The summed E-state index contributed by atoms with van der Waals surface area (Å²) in [5, 5.41) is 10.7. The van der Waals surface area contributed by atoms with Crippen LogP contribution in [0.5, 0.6) is 0 Å². The lowest BCUT2D eigenvalue weighted by atomic mass is 10.1. The molecule has 1 aromatic carbocycles. The number of aliphatic imine (C=N–C) groups is 1. The summed E-state index contributed by atoms with van der Waals surface area (Å²) in [7, 11) is 0. The van der Waals surface area contributed by atoms with Gasteiger partial charge in [0.05, 0.1) is 10.0 Å². The number of piperidine rings is 1. The van der Waals surface area contributed by atoms with Crippen LogP contribution in [0, 0.1) is 0 Å². The fourth-order valence-electron chi connectivity index (χ4n) is 2.61. The maximum absolute atomic E-state index is 5.99. The monoisotopic (exact) mass is 378 g/mol. The third kappa shape index (κ3) is 5.22. The van der Waals surface area contributed by atoms with Crippen LogP contribution in [0.4, 0.5) is 17.3 Å². The van der Waals surface area contributed by atoms with Gasteiger partial charge in [-0.15, -0.1) is 0 Å². The van der Waals surface area contributed by atoms with Crippen LogP contribution in [0.15, 0.2) is 41.4 Å². The number of aromatic nitrogens is 1. The van der Waals surface area contributed by atoms with Crippen LogP contribution in [0.3, 0.4) is 0 Å². The predicted octanol–water partition coefficient (Wildman–Crippen LogP) is 3.61. The van der Waals surface area contributed by atoms with Crippen LogP contribution in [-0.2, 0) is 0 Å². The van der Waals surface area contributed by atoms with Gasteiger partial charge in [0.15, 0.2) is 11.8 Å². The molecule has 1 aromatic heterocycles. The largest absolute Gasteiger partial charge is 0.369 e. The molecule has 0 bridgehead atoms. The highest BCUT2D eigenvalue weighted by Gasteiger charge is 2.13. The summed E-state index contributed by atoms with van der Waals surface area (Å²) in [5.74, 6) is 1.56. The molecule has 132 valence electrons. The SMILES string of the molecule is NC(=Nc1cccc(NC2CCNCC2)n1)Nc1ccc(Cl)c(Cl)c1. The van der Waals surface area contributed by atoms with E-state index < -0.39 is 0 Å². The summed E-state index contributed by atoms with van der Waals surface area (Å²) in [6.45, 7) is 2.05. The van der Waals surface area contributed by atoms with Crippen molar-refractivity contribution in [3.8, 4) is 0 Å². The van der Waals surface area contributed by atoms with E-state index in [-0.39, 0.29) is 5.96 Å². The lowest BCUT2D eigenvalue weighted by Crippen LogP contribution is -2.35. The fourth-order valence-corrected chi connectivity index (χ4v) is 2.91. The van der Waals surface area contributed by atoms with Gasteiger partial charge in [0.1, 0.15) is 5.82 Å². The Morgan fingerprint density at radius 2 is 1.96 bits per heavy atom. The minimum atomic E-state index is 0.227. The van der Waals surface area contributed by atoms with E-state index in [0.29, 0.717) is 27.6 Å². The Bertz CT molecular complexity index is 759. The second-order valence-corrected chi connectivity index (χ2v) is 6.61. The number of anilines is 2. The van der Waals surface area contributed by atoms with Crippen molar-refractivity contribution in [3.05, 3.63) is 46.4 Å². The number of halogens is 2. The van der Waals surface area contributed by atoms with Crippen LogP contribution in [0.2, 0.25) is 10.0 Å². The van der Waals surface area contributed by atoms with Gasteiger partial charge in [-0.1, -0.05) is 29.3 Å². The number of rotatable bonds is 4. The normalized spacial score (nSPS) is 15.8. The molecule has 0 spiro atoms. The van der Waals surface area contributed by atoms with E-state index in [2.05, 4.69) is 25.9 Å². The molecule has 6 nitrogen and oxygen atoms in total. The molecule has 1 fully saturated rings. The summed E-state index contributed by atoms with van der Waals surface area (Å²) < 4.78 is 0. The Labute approximate surface area is 156 Å². The van der Waals surface area contributed by atoms with Crippen molar-refractivity contribution >= 4 is 46.5 Å². The summed E-state index contributed by atoms with van der Waals surface area (Å²) in [6.07, 6.45) is 2.16. The molecular formula is C17H20Cl2N6. The molecule has 2 aromatic rings. The van der Waals surface area contributed by atoms with Crippen molar-refractivity contribution in [2.75, 3.05) is 23.7 Å². The minimum Gasteiger partial charge on any atom is -0.369 e. The zero-order chi connectivity index (χ0) is 17.6. The van der Waals surface area contributed by atoms with Crippen molar-refractivity contribution in [3.63, 3.8) is 0 Å². The number of nitrogens with two attached hydrogens (primary N) is 1. The average Bonchev–Trinajstić information content (AvgIpc) is 2.59. The van der Waals surface area contributed by atoms with Crippen molar-refractivity contribution in [2.24, 2.45) is 10.7 Å². The Morgan fingerprint density at radius 1 is 1.16 bits per heavy atom. The topological polar surface area (TPSA) is 87.4 Å². The third-order valence-electron chi connectivity index (χ3n) is 3.85. The highest BCUT2D eigenvalue weighted by atomic mass is 35.5. The highest BCUT2D eigenvalue weighted by Crippen LogP contribution is 2.25. The molecule has 0 atom stereocenters. The molecule has 0 unspecified atom stereocenters. The van der Waals surface area contributed by atoms with E-state index in [0.717, 1.165) is 31.7 Å². The molecule has 1 saturated heterocycles. The van der Waals surface area contributed by atoms with Crippen LogP contribution in [0.25, 0.3) is 0 Å². The minimum absolute atomic E-state index is 0.227. The van der Waals surface area contributed by atoms with Crippen LogP contribution in [-0.4, -0.2) is 30.1 Å². The molecular weight excluding hydrogens is 359 g/mol. The average molecular weight is 379 g/mol. The van der Waals surface area contributed by atoms with Crippen molar-refractivity contribution in [1.29, 1.82) is 0 Å². The lowest BCUT2D eigenvalue weighted by molar-refractivity contribution is 0.478. The van der Waals surface area contributed by atoms with E-state index in [1.807, 2.05) is 12.1 Å². The van der Waals surface area contributed by atoms with E-state index in [4.69, 9.17) is 28.9 Å². The van der Waals surface area contributed by atoms with Gasteiger partial charge in [0.25, 0.3) is 0 Å². The number of pyridine rings is 1. The lowest BCUT2D eigenvalue weighted by Gasteiger charge is -2.24. The first-order chi connectivity index (χ1) is 12.1. The zero-order valence-electron chi connectivity index (χ0n) is 13.6. The summed E-state index contributed by atoms with van der Waals surface area (Å²) in [5.41, 5.74) is 6.66. The van der Waals surface area contributed by atoms with Gasteiger partial charge >= 0.3 is 0 Å². The molecule has 0 amide bonds. The highest BCUT2D eigenvalue weighted by molar-refractivity contribution is 6.42. The van der Waals surface area contributed by atoms with Gasteiger partial charge in [0.2, 0.25) is 0 Å². The van der Waals surface area contributed by atoms with Gasteiger partial charge in [-0.2, -0.15) is 4.99 Å². The van der Waals surface area contributed by atoms with Crippen LogP contribution >= 0.6 is 23.2 Å². The first kappa shape index (κ1) is 17.8. The number of guanidine groups is 1. The molecule has 0 aliphatic carbocycles. The Kier molecular flexibility index (Phi) is 5.96. The molecule has 5 N–H and O–H groups in total. The smallest absolute Gasteiger partial charge is 0.199 e. The third-order valence-corrected chi connectivity index (χ3v) is 4.59. The second-order valence-electron chi connectivity index (χ2n) is 5.80. The molecule has 0 saturated carbocycles.